The smallest absolute Gasteiger partial charge is 0.326 e. The molecule has 0 spiro atoms. The standard InChI is InChI=1S/C23H33N7O10/c24-13(2-1-7-27-23(25)26)19(36)28-14(8-11-3-5-12(31)6-4-11)20(37)29-15(9-17(32)33)21(38)30-16(22(39)40)10-18(34)35/h3-6,13-16,31H,1-2,7-10,24H2,(H,28,36)(H,29,37)(H,30,38)(H,32,33)(H,34,35)(H,39,40)(H4,25,26,27). The Hall–Kier alpha value is -4.93. The van der Waals surface area contributed by atoms with E-state index in [2.05, 4.69) is 15.6 Å². The molecule has 0 radical (unpaired) electrons. The molecule has 0 bridgehead atoms. The largest absolute Gasteiger partial charge is 0.508 e. The third-order valence-electron chi connectivity index (χ3n) is 5.32. The molecule has 0 saturated heterocycles. The highest BCUT2D eigenvalue weighted by molar-refractivity contribution is 5.96. The predicted molar refractivity (Wildman–Crippen MR) is 138 cm³/mol. The van der Waals surface area contributed by atoms with Crippen LogP contribution in [-0.2, 0) is 35.2 Å². The van der Waals surface area contributed by atoms with Crippen molar-refractivity contribution >= 4 is 41.6 Å². The first-order valence-corrected chi connectivity index (χ1v) is 11.9. The van der Waals surface area contributed by atoms with Crippen LogP contribution in [0.15, 0.2) is 29.3 Å². The number of rotatable bonds is 17. The molecule has 0 aliphatic carbocycles. The minimum atomic E-state index is -1.90. The van der Waals surface area contributed by atoms with Crippen LogP contribution < -0.4 is 33.2 Å². The number of amides is 3. The lowest BCUT2D eigenvalue weighted by Crippen LogP contribution is -2.58. The minimum Gasteiger partial charge on any atom is -0.508 e. The highest BCUT2D eigenvalue weighted by atomic mass is 16.4. The first-order chi connectivity index (χ1) is 18.7. The first-order valence-electron chi connectivity index (χ1n) is 11.9. The summed E-state index contributed by atoms with van der Waals surface area (Å²) in [7, 11) is 0. The van der Waals surface area contributed by atoms with E-state index in [-0.39, 0.29) is 31.1 Å². The monoisotopic (exact) mass is 567 g/mol. The number of hydrogen-bond donors (Lipinski definition) is 10. The molecule has 1 aromatic carbocycles. The molecule has 1 rings (SSSR count). The van der Waals surface area contributed by atoms with E-state index in [1.807, 2.05) is 5.32 Å². The van der Waals surface area contributed by atoms with Gasteiger partial charge in [0, 0.05) is 13.0 Å². The maximum Gasteiger partial charge on any atom is 0.326 e. The van der Waals surface area contributed by atoms with Gasteiger partial charge in [-0.2, -0.15) is 0 Å². The van der Waals surface area contributed by atoms with Gasteiger partial charge < -0.3 is 53.6 Å². The number of carboxylic acid groups (broad SMARTS) is 3. The Morgan fingerprint density at radius 1 is 0.775 bits per heavy atom. The summed E-state index contributed by atoms with van der Waals surface area (Å²) in [5.74, 6) is -8.01. The fourth-order valence-electron chi connectivity index (χ4n) is 3.31. The van der Waals surface area contributed by atoms with Gasteiger partial charge in [0.25, 0.3) is 0 Å². The van der Waals surface area contributed by atoms with Crippen molar-refractivity contribution in [3.05, 3.63) is 29.8 Å². The molecule has 0 aliphatic heterocycles. The fraction of sp³-hybridized carbons (Fsp3) is 0.435. The van der Waals surface area contributed by atoms with Crippen LogP contribution in [0.25, 0.3) is 0 Å². The number of benzene rings is 1. The maximum atomic E-state index is 13.2. The number of nitrogens with one attached hydrogen (secondary N) is 3. The van der Waals surface area contributed by atoms with Gasteiger partial charge in [-0.25, -0.2) is 4.79 Å². The van der Waals surface area contributed by atoms with E-state index in [1.54, 1.807) is 0 Å². The number of carbonyl (C=O) groups is 6. The quantitative estimate of drug-likeness (QED) is 0.0504. The topological polar surface area (TPSA) is 310 Å². The average molecular weight is 568 g/mol. The summed E-state index contributed by atoms with van der Waals surface area (Å²) < 4.78 is 0. The molecule has 3 amide bonds. The van der Waals surface area contributed by atoms with E-state index in [1.165, 1.54) is 24.3 Å². The number of aliphatic imine (C=N–C) groups is 1. The highest BCUT2D eigenvalue weighted by Crippen LogP contribution is 2.12. The summed E-state index contributed by atoms with van der Waals surface area (Å²) in [6, 6.07) is -0.624. The van der Waals surface area contributed by atoms with Gasteiger partial charge in [-0.05, 0) is 30.5 Å². The van der Waals surface area contributed by atoms with Crippen LogP contribution in [0.4, 0.5) is 0 Å². The molecule has 0 aliphatic rings. The Balaban J connectivity index is 3.11. The second-order valence-electron chi connectivity index (χ2n) is 8.64. The zero-order valence-electron chi connectivity index (χ0n) is 21.3. The first kappa shape index (κ1) is 33.1. The molecule has 4 unspecified atom stereocenters. The van der Waals surface area contributed by atoms with Crippen LogP contribution in [0.3, 0.4) is 0 Å². The second-order valence-corrected chi connectivity index (χ2v) is 8.64. The van der Waals surface area contributed by atoms with E-state index < -0.39 is 72.6 Å². The van der Waals surface area contributed by atoms with E-state index in [9.17, 15) is 39.0 Å². The summed E-state index contributed by atoms with van der Waals surface area (Å²) in [6.45, 7) is 0.200. The van der Waals surface area contributed by atoms with Crippen LogP contribution in [-0.4, -0.2) is 92.7 Å². The molecule has 0 fully saturated rings. The van der Waals surface area contributed by atoms with Gasteiger partial charge in [-0.3, -0.25) is 29.0 Å². The normalized spacial score (nSPS) is 13.5. The van der Waals surface area contributed by atoms with E-state index >= 15 is 0 Å². The molecule has 0 aromatic heterocycles. The van der Waals surface area contributed by atoms with Gasteiger partial charge in [0.1, 0.15) is 23.9 Å². The van der Waals surface area contributed by atoms with Gasteiger partial charge in [0.15, 0.2) is 5.96 Å². The summed E-state index contributed by atoms with van der Waals surface area (Å²) in [5, 5.41) is 43.2. The van der Waals surface area contributed by atoms with E-state index in [4.69, 9.17) is 27.4 Å². The third-order valence-corrected chi connectivity index (χ3v) is 5.32. The zero-order valence-corrected chi connectivity index (χ0v) is 21.3. The lowest BCUT2D eigenvalue weighted by molar-refractivity contribution is -0.148. The van der Waals surface area contributed by atoms with Gasteiger partial charge in [0.05, 0.1) is 18.9 Å². The molecule has 0 saturated carbocycles. The third kappa shape index (κ3) is 12.5. The van der Waals surface area contributed by atoms with Crippen molar-refractivity contribution in [3.8, 4) is 5.75 Å². The van der Waals surface area contributed by atoms with Crippen LogP contribution in [0.5, 0.6) is 5.75 Å². The summed E-state index contributed by atoms with van der Waals surface area (Å²) in [5.41, 5.74) is 16.8. The Morgan fingerprint density at radius 2 is 1.27 bits per heavy atom. The van der Waals surface area contributed by atoms with Crippen molar-refractivity contribution in [1.29, 1.82) is 0 Å². The number of aliphatic carboxylic acids is 3. The number of phenolic OH excluding ortho intramolecular Hbond substituents is 1. The van der Waals surface area contributed by atoms with Crippen molar-refractivity contribution < 1.29 is 49.2 Å². The molecular weight excluding hydrogens is 534 g/mol. The number of carbonyl (C=O) groups excluding carboxylic acids is 3. The van der Waals surface area contributed by atoms with Crippen molar-refractivity contribution in [2.24, 2.45) is 22.2 Å². The van der Waals surface area contributed by atoms with Crippen LogP contribution in [0.2, 0.25) is 0 Å². The fourth-order valence-corrected chi connectivity index (χ4v) is 3.31. The van der Waals surface area contributed by atoms with E-state index in [0.29, 0.717) is 12.0 Å². The Bertz CT molecular complexity index is 1110. The van der Waals surface area contributed by atoms with Crippen molar-refractivity contribution in [3.63, 3.8) is 0 Å². The summed E-state index contributed by atoms with van der Waals surface area (Å²) >= 11 is 0. The lowest BCUT2D eigenvalue weighted by atomic mass is 10.0. The van der Waals surface area contributed by atoms with Crippen LogP contribution in [0.1, 0.15) is 31.2 Å². The summed E-state index contributed by atoms with van der Waals surface area (Å²) in [4.78, 5) is 75.9. The molecule has 4 atom stereocenters. The van der Waals surface area contributed by atoms with Crippen molar-refractivity contribution in [2.45, 2.75) is 56.3 Å². The minimum absolute atomic E-state index is 0.0656. The van der Waals surface area contributed by atoms with Crippen molar-refractivity contribution in [1.82, 2.24) is 16.0 Å². The molecule has 220 valence electrons. The average Bonchev–Trinajstić information content (AvgIpc) is 2.85. The number of nitrogens with zero attached hydrogens (tertiary/aromatic N) is 1. The molecule has 17 nitrogen and oxygen atoms in total. The number of hydrogen-bond acceptors (Lipinski definition) is 9. The van der Waals surface area contributed by atoms with Crippen LogP contribution >= 0.6 is 0 Å². The molecular formula is C23H33N7O10. The number of aromatic hydroxyl groups is 1. The molecule has 1 aromatic rings. The SMILES string of the molecule is NC(N)=NCCCC(N)C(=O)NC(Cc1ccc(O)cc1)C(=O)NC(CC(=O)O)C(=O)NC(CC(=O)O)C(=O)O. The Kier molecular flexibility index (Phi) is 13.3. The highest BCUT2D eigenvalue weighted by Gasteiger charge is 2.32. The molecule has 40 heavy (non-hydrogen) atoms. The van der Waals surface area contributed by atoms with Gasteiger partial charge in [0.2, 0.25) is 17.7 Å². The Morgan fingerprint density at radius 3 is 1.80 bits per heavy atom. The number of phenols is 1. The second kappa shape index (κ2) is 16.1. The number of carboxylic acids is 3. The van der Waals surface area contributed by atoms with Crippen molar-refractivity contribution in [2.75, 3.05) is 6.54 Å². The molecule has 13 N–H and O–H groups in total. The van der Waals surface area contributed by atoms with Gasteiger partial charge in [-0.1, -0.05) is 12.1 Å². The Labute approximate surface area is 227 Å². The number of nitrogens with two attached hydrogens (primary N) is 3. The lowest BCUT2D eigenvalue weighted by Gasteiger charge is -2.24. The van der Waals surface area contributed by atoms with Crippen LogP contribution in [0, 0.1) is 0 Å². The van der Waals surface area contributed by atoms with Gasteiger partial charge in [-0.15, -0.1) is 0 Å². The predicted octanol–water partition coefficient (Wildman–Crippen LogP) is -3.20. The molecule has 17 heteroatoms. The maximum absolute atomic E-state index is 13.2. The summed E-state index contributed by atoms with van der Waals surface area (Å²) in [6.07, 6.45) is -1.68. The van der Waals surface area contributed by atoms with E-state index in [0.717, 1.165) is 0 Å². The number of guanidine groups is 1. The zero-order chi connectivity index (χ0) is 30.4. The molecule has 0 heterocycles. The van der Waals surface area contributed by atoms with Gasteiger partial charge >= 0.3 is 17.9 Å².